The SMILES string of the molecule is [B]1CCCCO1. The molecule has 1 rings (SSSR count). The maximum atomic E-state index is 4.94. The molecule has 0 N–H and O–H groups in total. The summed E-state index contributed by atoms with van der Waals surface area (Å²) >= 11 is 0. The summed E-state index contributed by atoms with van der Waals surface area (Å²) in [5.41, 5.74) is 0. The summed E-state index contributed by atoms with van der Waals surface area (Å²) in [4.78, 5) is 0. The zero-order valence-electron chi connectivity index (χ0n) is 3.81. The molecule has 0 spiro atoms. The maximum Gasteiger partial charge on any atom is 0.292 e. The van der Waals surface area contributed by atoms with Crippen LogP contribution < -0.4 is 0 Å². The van der Waals surface area contributed by atoms with E-state index >= 15 is 0 Å². The van der Waals surface area contributed by atoms with Crippen molar-refractivity contribution in [2.45, 2.75) is 19.2 Å². The topological polar surface area (TPSA) is 9.23 Å². The van der Waals surface area contributed by atoms with Gasteiger partial charge in [0, 0.05) is 6.61 Å². The average Bonchev–Trinajstić information content (AvgIpc) is 1.72. The van der Waals surface area contributed by atoms with Gasteiger partial charge in [-0.2, -0.15) is 0 Å². The Kier molecular flexibility index (Phi) is 1.57. The van der Waals surface area contributed by atoms with Crippen molar-refractivity contribution in [3.05, 3.63) is 0 Å². The molecule has 2 heteroatoms. The van der Waals surface area contributed by atoms with Gasteiger partial charge < -0.3 is 4.65 Å². The summed E-state index contributed by atoms with van der Waals surface area (Å²) in [6.07, 6.45) is 3.72. The molecule has 0 aromatic carbocycles. The number of hydrogen-bond donors (Lipinski definition) is 0. The fourth-order valence-electron chi connectivity index (χ4n) is 0.580. The third-order valence-electron chi connectivity index (χ3n) is 0.952. The molecule has 0 bridgehead atoms. The first-order chi connectivity index (χ1) is 3.00. The first kappa shape index (κ1) is 4.19. The molecule has 0 amide bonds. The van der Waals surface area contributed by atoms with Crippen LogP contribution in [0.25, 0.3) is 0 Å². The molecule has 0 unspecified atom stereocenters. The zero-order valence-corrected chi connectivity index (χ0v) is 3.81. The standard InChI is InChI=1S/C4H8BO/c1-2-4-6-5-3-1/h1-4H2. The van der Waals surface area contributed by atoms with Crippen molar-refractivity contribution in [1.29, 1.82) is 0 Å². The van der Waals surface area contributed by atoms with Crippen LogP contribution in [0.4, 0.5) is 0 Å². The minimum absolute atomic E-state index is 0.944. The van der Waals surface area contributed by atoms with Gasteiger partial charge >= 0.3 is 0 Å². The van der Waals surface area contributed by atoms with Crippen LogP contribution >= 0.6 is 0 Å². The van der Waals surface area contributed by atoms with Crippen molar-refractivity contribution >= 4 is 7.48 Å². The highest BCUT2D eigenvalue weighted by atomic mass is 16.4. The van der Waals surface area contributed by atoms with Gasteiger partial charge in [0.05, 0.1) is 0 Å². The molecule has 0 aromatic heterocycles. The maximum absolute atomic E-state index is 4.94. The van der Waals surface area contributed by atoms with Gasteiger partial charge in [-0.05, 0) is 6.42 Å². The Morgan fingerprint density at radius 1 is 1.33 bits per heavy atom. The van der Waals surface area contributed by atoms with E-state index in [4.69, 9.17) is 4.65 Å². The van der Waals surface area contributed by atoms with Gasteiger partial charge in [0.2, 0.25) is 0 Å². The van der Waals surface area contributed by atoms with Crippen molar-refractivity contribution in [3.8, 4) is 0 Å². The predicted octanol–water partition coefficient (Wildman–Crippen LogP) is 0.834. The Morgan fingerprint density at radius 3 is 2.50 bits per heavy atom. The summed E-state index contributed by atoms with van der Waals surface area (Å²) in [5, 5.41) is 0. The molecule has 1 aliphatic rings. The lowest BCUT2D eigenvalue weighted by molar-refractivity contribution is 0.304. The van der Waals surface area contributed by atoms with Gasteiger partial charge in [-0.15, -0.1) is 0 Å². The van der Waals surface area contributed by atoms with Crippen LogP contribution in [0, 0.1) is 0 Å². The quantitative estimate of drug-likeness (QED) is 0.394. The highest BCUT2D eigenvalue weighted by Crippen LogP contribution is 2.01. The molecule has 0 aromatic rings. The Bertz CT molecular complexity index is 23.0. The largest absolute Gasteiger partial charge is 0.440 e. The Labute approximate surface area is 39.0 Å². The summed E-state index contributed by atoms with van der Waals surface area (Å²) in [5.74, 6) is 0. The van der Waals surface area contributed by atoms with E-state index in [-0.39, 0.29) is 0 Å². The first-order valence-corrected chi connectivity index (χ1v) is 2.43. The fraction of sp³-hybridized carbons (Fsp3) is 1.00. The van der Waals surface area contributed by atoms with Crippen molar-refractivity contribution in [1.82, 2.24) is 0 Å². The molecule has 1 saturated heterocycles. The van der Waals surface area contributed by atoms with E-state index in [1.165, 1.54) is 12.8 Å². The second kappa shape index (κ2) is 2.24. The third kappa shape index (κ3) is 1.01. The van der Waals surface area contributed by atoms with Crippen molar-refractivity contribution < 1.29 is 4.65 Å². The highest BCUT2D eigenvalue weighted by Gasteiger charge is 1.98. The van der Waals surface area contributed by atoms with E-state index in [0.29, 0.717) is 0 Å². The van der Waals surface area contributed by atoms with Crippen LogP contribution in [0.3, 0.4) is 0 Å². The summed E-state index contributed by atoms with van der Waals surface area (Å²) in [6.45, 7) is 0.944. The van der Waals surface area contributed by atoms with Gasteiger partial charge in [0.15, 0.2) is 0 Å². The number of rotatable bonds is 0. The van der Waals surface area contributed by atoms with Gasteiger partial charge in [0.1, 0.15) is 0 Å². The Balaban J connectivity index is 2.00. The first-order valence-electron chi connectivity index (χ1n) is 2.43. The normalized spacial score (nSPS) is 22.7. The van der Waals surface area contributed by atoms with Crippen LogP contribution in [0.1, 0.15) is 12.8 Å². The summed E-state index contributed by atoms with van der Waals surface area (Å²) in [6, 6.07) is 0. The lowest BCUT2D eigenvalue weighted by atomic mass is 9.89. The summed E-state index contributed by atoms with van der Waals surface area (Å²) < 4.78 is 4.94. The fourth-order valence-corrected chi connectivity index (χ4v) is 0.580. The minimum Gasteiger partial charge on any atom is -0.440 e. The molecule has 33 valence electrons. The van der Waals surface area contributed by atoms with Crippen LogP contribution in [-0.4, -0.2) is 14.1 Å². The van der Waals surface area contributed by atoms with Crippen LogP contribution in [0.5, 0.6) is 0 Å². The van der Waals surface area contributed by atoms with E-state index in [0.717, 1.165) is 12.9 Å². The molecule has 1 heterocycles. The van der Waals surface area contributed by atoms with Crippen LogP contribution in [0.15, 0.2) is 0 Å². The van der Waals surface area contributed by atoms with E-state index in [2.05, 4.69) is 0 Å². The van der Waals surface area contributed by atoms with Gasteiger partial charge in [0.25, 0.3) is 7.48 Å². The van der Waals surface area contributed by atoms with Gasteiger partial charge in [-0.25, -0.2) is 0 Å². The van der Waals surface area contributed by atoms with Gasteiger partial charge in [-0.3, -0.25) is 0 Å². The Hall–Kier alpha value is 0.0249. The number of hydrogen-bond acceptors (Lipinski definition) is 1. The highest BCUT2D eigenvalue weighted by molar-refractivity contribution is 6.27. The lowest BCUT2D eigenvalue weighted by Crippen LogP contribution is -2.06. The van der Waals surface area contributed by atoms with E-state index in [1.807, 2.05) is 7.48 Å². The molecule has 0 atom stereocenters. The zero-order chi connectivity index (χ0) is 4.24. The van der Waals surface area contributed by atoms with E-state index in [9.17, 15) is 0 Å². The molecular weight excluding hydrogens is 74.9 g/mol. The molecule has 0 aliphatic carbocycles. The predicted molar refractivity (Wildman–Crippen MR) is 25.7 cm³/mol. The molecule has 1 radical (unpaired) electrons. The third-order valence-corrected chi connectivity index (χ3v) is 0.952. The molecule has 1 nitrogen and oxygen atoms in total. The summed E-state index contributed by atoms with van der Waals surface area (Å²) in [7, 11) is 1.89. The van der Waals surface area contributed by atoms with E-state index < -0.39 is 0 Å². The molecule has 1 aliphatic heterocycles. The van der Waals surface area contributed by atoms with Crippen LogP contribution in [-0.2, 0) is 4.65 Å². The van der Waals surface area contributed by atoms with Crippen molar-refractivity contribution in [2.75, 3.05) is 6.61 Å². The average molecular weight is 82.9 g/mol. The molecule has 0 saturated carbocycles. The van der Waals surface area contributed by atoms with Crippen molar-refractivity contribution in [3.63, 3.8) is 0 Å². The van der Waals surface area contributed by atoms with Crippen molar-refractivity contribution in [2.24, 2.45) is 0 Å². The van der Waals surface area contributed by atoms with Crippen LogP contribution in [0.2, 0.25) is 6.32 Å². The monoisotopic (exact) mass is 83.1 g/mol. The van der Waals surface area contributed by atoms with E-state index in [1.54, 1.807) is 0 Å². The smallest absolute Gasteiger partial charge is 0.292 e. The minimum atomic E-state index is 0.944. The second-order valence-corrected chi connectivity index (χ2v) is 1.53. The second-order valence-electron chi connectivity index (χ2n) is 1.53. The molecular formula is C4H8BO. The molecule has 1 fully saturated rings. The molecule has 6 heavy (non-hydrogen) atoms. The van der Waals surface area contributed by atoms with Gasteiger partial charge in [-0.1, -0.05) is 12.7 Å². The lowest BCUT2D eigenvalue weighted by Gasteiger charge is -2.06. The Morgan fingerprint density at radius 2 is 2.33 bits per heavy atom.